The van der Waals surface area contributed by atoms with E-state index < -0.39 is 11.2 Å². The quantitative estimate of drug-likeness (QED) is 0.367. The highest BCUT2D eigenvalue weighted by molar-refractivity contribution is 8.15. The van der Waals surface area contributed by atoms with E-state index in [9.17, 15) is 19.2 Å². The second-order valence-corrected chi connectivity index (χ2v) is 8.73. The summed E-state index contributed by atoms with van der Waals surface area (Å²) in [5.74, 6) is -1.56. The molecule has 0 radical (unpaired) electrons. The summed E-state index contributed by atoms with van der Waals surface area (Å²) in [6.07, 6.45) is -0.0320. The number of esters is 1. The molecule has 1 aliphatic rings. The van der Waals surface area contributed by atoms with E-state index in [0.717, 1.165) is 0 Å². The van der Waals surface area contributed by atoms with Crippen molar-refractivity contribution in [2.24, 2.45) is 4.99 Å². The molecule has 0 spiro atoms. The first-order valence-corrected chi connectivity index (χ1v) is 11.6. The number of para-hydroxylation sites is 1. The SMILES string of the molecule is O=C(C[C@@H]1SC(=Nc2ccccc2)NC1=O)Nc1ccc(C(=O)OCC(=O)c2ccccc2)cc1. The van der Waals surface area contributed by atoms with Gasteiger partial charge in [-0.05, 0) is 36.4 Å². The summed E-state index contributed by atoms with van der Waals surface area (Å²) in [6, 6.07) is 23.9. The van der Waals surface area contributed by atoms with Gasteiger partial charge in [0.2, 0.25) is 11.8 Å². The van der Waals surface area contributed by atoms with Crippen LogP contribution in [0.4, 0.5) is 11.4 Å². The molecule has 4 rings (SSSR count). The van der Waals surface area contributed by atoms with Crippen LogP contribution in [-0.2, 0) is 14.3 Å². The van der Waals surface area contributed by atoms with Crippen LogP contribution in [0.5, 0.6) is 0 Å². The fourth-order valence-corrected chi connectivity index (χ4v) is 4.19. The van der Waals surface area contributed by atoms with E-state index in [1.54, 1.807) is 42.5 Å². The predicted octanol–water partition coefficient (Wildman–Crippen LogP) is 3.97. The van der Waals surface area contributed by atoms with Crippen molar-refractivity contribution in [3.05, 3.63) is 96.1 Å². The minimum absolute atomic E-state index is 0.0320. The average Bonchev–Trinajstić information content (AvgIpc) is 3.21. The number of nitrogens with zero attached hydrogens (tertiary/aromatic N) is 1. The van der Waals surface area contributed by atoms with Crippen molar-refractivity contribution in [2.45, 2.75) is 11.7 Å². The zero-order valence-corrected chi connectivity index (χ0v) is 19.3. The molecule has 1 heterocycles. The molecule has 9 heteroatoms. The molecule has 0 aliphatic carbocycles. The summed E-state index contributed by atoms with van der Waals surface area (Å²) in [4.78, 5) is 53.3. The Kier molecular flexibility index (Phi) is 7.69. The fourth-order valence-electron chi connectivity index (χ4n) is 3.20. The van der Waals surface area contributed by atoms with E-state index in [1.807, 2.05) is 30.3 Å². The highest BCUT2D eigenvalue weighted by Gasteiger charge is 2.32. The number of ketones is 1. The van der Waals surface area contributed by atoms with Gasteiger partial charge in [-0.15, -0.1) is 0 Å². The van der Waals surface area contributed by atoms with Gasteiger partial charge in [-0.3, -0.25) is 14.4 Å². The highest BCUT2D eigenvalue weighted by Crippen LogP contribution is 2.25. The molecule has 3 aromatic carbocycles. The Morgan fingerprint density at radius 3 is 2.23 bits per heavy atom. The van der Waals surface area contributed by atoms with E-state index in [0.29, 0.717) is 22.1 Å². The topological polar surface area (TPSA) is 114 Å². The lowest BCUT2D eigenvalue weighted by Gasteiger charge is -2.08. The number of thioether (sulfide) groups is 1. The van der Waals surface area contributed by atoms with Gasteiger partial charge in [0.1, 0.15) is 5.25 Å². The molecule has 3 aromatic rings. The zero-order valence-electron chi connectivity index (χ0n) is 18.5. The maximum Gasteiger partial charge on any atom is 0.338 e. The Morgan fingerprint density at radius 1 is 0.886 bits per heavy atom. The number of nitrogens with one attached hydrogen (secondary N) is 2. The Labute approximate surface area is 205 Å². The molecule has 0 saturated carbocycles. The first-order valence-electron chi connectivity index (χ1n) is 10.7. The molecule has 176 valence electrons. The van der Waals surface area contributed by atoms with E-state index in [4.69, 9.17) is 4.74 Å². The molecule has 1 aliphatic heterocycles. The van der Waals surface area contributed by atoms with Crippen molar-refractivity contribution in [3.8, 4) is 0 Å². The molecule has 0 bridgehead atoms. The average molecular weight is 488 g/mol. The minimum atomic E-state index is -0.642. The molecular formula is C26H21N3O5S. The Hall–Kier alpha value is -4.24. The number of hydrogen-bond donors (Lipinski definition) is 2. The lowest BCUT2D eigenvalue weighted by atomic mass is 10.1. The molecule has 1 fully saturated rings. The van der Waals surface area contributed by atoms with Crippen LogP contribution in [0.15, 0.2) is 89.9 Å². The third kappa shape index (κ3) is 6.64. The number of amidine groups is 1. The van der Waals surface area contributed by atoms with Gasteiger partial charge in [-0.1, -0.05) is 60.3 Å². The van der Waals surface area contributed by atoms with Gasteiger partial charge in [0.25, 0.3) is 0 Å². The Bertz CT molecular complexity index is 1260. The van der Waals surface area contributed by atoms with Gasteiger partial charge in [-0.25, -0.2) is 9.79 Å². The summed E-state index contributed by atoms with van der Waals surface area (Å²) in [5.41, 5.74) is 1.89. The van der Waals surface area contributed by atoms with E-state index in [-0.39, 0.29) is 36.2 Å². The zero-order chi connectivity index (χ0) is 24.6. The summed E-state index contributed by atoms with van der Waals surface area (Å²) in [6.45, 7) is -0.363. The minimum Gasteiger partial charge on any atom is -0.454 e. The second-order valence-electron chi connectivity index (χ2n) is 7.54. The Morgan fingerprint density at radius 2 is 1.54 bits per heavy atom. The molecule has 1 saturated heterocycles. The van der Waals surface area contributed by atoms with Crippen molar-refractivity contribution in [1.82, 2.24) is 5.32 Å². The number of carbonyl (C=O) groups excluding carboxylic acids is 4. The van der Waals surface area contributed by atoms with Crippen molar-refractivity contribution in [3.63, 3.8) is 0 Å². The number of Topliss-reactive ketones (excluding diaryl/α,β-unsaturated/α-hetero) is 1. The summed E-state index contributed by atoms with van der Waals surface area (Å²) < 4.78 is 5.08. The number of carbonyl (C=O) groups is 4. The van der Waals surface area contributed by atoms with E-state index in [1.165, 1.54) is 23.9 Å². The fraction of sp³-hybridized carbons (Fsp3) is 0.115. The second kappa shape index (κ2) is 11.3. The smallest absolute Gasteiger partial charge is 0.338 e. The number of ether oxygens (including phenoxy) is 1. The van der Waals surface area contributed by atoms with Gasteiger partial charge in [0.05, 0.1) is 11.3 Å². The molecular weight excluding hydrogens is 466 g/mol. The first kappa shape index (κ1) is 23.9. The van der Waals surface area contributed by atoms with Crippen LogP contribution in [0.25, 0.3) is 0 Å². The largest absolute Gasteiger partial charge is 0.454 e. The van der Waals surface area contributed by atoms with Crippen LogP contribution in [0, 0.1) is 0 Å². The number of anilines is 1. The molecule has 2 amide bonds. The van der Waals surface area contributed by atoms with Crippen LogP contribution in [-0.4, -0.2) is 40.6 Å². The lowest BCUT2D eigenvalue weighted by molar-refractivity contribution is -0.122. The summed E-state index contributed by atoms with van der Waals surface area (Å²) in [5, 5.41) is 5.27. The van der Waals surface area contributed by atoms with Crippen molar-refractivity contribution >= 4 is 51.9 Å². The number of benzene rings is 3. The van der Waals surface area contributed by atoms with Crippen LogP contribution in [0.2, 0.25) is 0 Å². The van der Waals surface area contributed by atoms with Crippen LogP contribution < -0.4 is 10.6 Å². The van der Waals surface area contributed by atoms with Crippen molar-refractivity contribution in [2.75, 3.05) is 11.9 Å². The van der Waals surface area contributed by atoms with Crippen molar-refractivity contribution in [1.29, 1.82) is 0 Å². The monoisotopic (exact) mass is 487 g/mol. The Balaban J connectivity index is 1.26. The van der Waals surface area contributed by atoms with Gasteiger partial charge < -0.3 is 15.4 Å². The summed E-state index contributed by atoms with van der Waals surface area (Å²) in [7, 11) is 0. The van der Waals surface area contributed by atoms with Gasteiger partial charge in [-0.2, -0.15) is 0 Å². The van der Waals surface area contributed by atoms with Crippen LogP contribution >= 0.6 is 11.8 Å². The molecule has 35 heavy (non-hydrogen) atoms. The van der Waals surface area contributed by atoms with Gasteiger partial charge in [0, 0.05) is 17.7 Å². The van der Waals surface area contributed by atoms with Gasteiger partial charge in [0.15, 0.2) is 17.6 Å². The standard InChI is InChI=1S/C26H21N3O5S/c30-21(17-7-3-1-4-8-17)16-34-25(33)18-11-13-20(14-12-18)27-23(31)15-22-24(32)29-26(35-22)28-19-9-5-2-6-10-19/h1-14,22H,15-16H2,(H,27,31)(H,28,29,32)/t22-/m0/s1. The molecule has 0 aromatic heterocycles. The third-order valence-electron chi connectivity index (χ3n) is 4.97. The number of amides is 2. The summed E-state index contributed by atoms with van der Waals surface area (Å²) >= 11 is 1.20. The number of rotatable bonds is 8. The third-order valence-corrected chi connectivity index (χ3v) is 6.05. The maximum atomic E-state index is 12.4. The normalized spacial score (nSPS) is 15.9. The number of aliphatic imine (C=N–C) groups is 1. The predicted molar refractivity (Wildman–Crippen MR) is 134 cm³/mol. The first-order chi connectivity index (χ1) is 17.0. The lowest BCUT2D eigenvalue weighted by Crippen LogP contribution is -2.28. The number of hydrogen-bond acceptors (Lipinski definition) is 7. The van der Waals surface area contributed by atoms with Crippen molar-refractivity contribution < 1.29 is 23.9 Å². The molecule has 8 nitrogen and oxygen atoms in total. The molecule has 0 unspecified atom stereocenters. The molecule has 2 N–H and O–H groups in total. The molecule has 1 atom stereocenters. The van der Waals surface area contributed by atoms with E-state index >= 15 is 0 Å². The van der Waals surface area contributed by atoms with Crippen LogP contribution in [0.3, 0.4) is 0 Å². The maximum absolute atomic E-state index is 12.4. The van der Waals surface area contributed by atoms with E-state index in [2.05, 4.69) is 15.6 Å². The van der Waals surface area contributed by atoms with Gasteiger partial charge >= 0.3 is 5.97 Å². The van der Waals surface area contributed by atoms with Crippen LogP contribution in [0.1, 0.15) is 27.1 Å². The highest BCUT2D eigenvalue weighted by atomic mass is 32.2.